The number of nitrogens with zero attached hydrogens (tertiary/aromatic N) is 1. The zero-order valence-corrected chi connectivity index (χ0v) is 12.7. The fourth-order valence-electron chi connectivity index (χ4n) is 4.01. The summed E-state index contributed by atoms with van der Waals surface area (Å²) in [5.74, 6) is 0.737. The average Bonchev–Trinajstić information content (AvgIpc) is 2.24. The Morgan fingerprint density at radius 1 is 1.05 bits per heavy atom. The van der Waals surface area contributed by atoms with E-state index in [9.17, 15) is 0 Å². The van der Waals surface area contributed by atoms with E-state index in [1.807, 2.05) is 0 Å². The van der Waals surface area contributed by atoms with Crippen LogP contribution in [0.25, 0.3) is 0 Å². The van der Waals surface area contributed by atoms with Gasteiger partial charge in [0.2, 0.25) is 0 Å². The molecule has 5 unspecified atom stereocenters. The predicted molar refractivity (Wildman–Crippen MR) is 80.9 cm³/mol. The van der Waals surface area contributed by atoms with Gasteiger partial charge in [-0.25, -0.2) is 0 Å². The summed E-state index contributed by atoms with van der Waals surface area (Å²) in [6, 6.07) is 3.56. The van der Waals surface area contributed by atoms with Crippen molar-refractivity contribution in [2.45, 2.75) is 89.5 Å². The summed E-state index contributed by atoms with van der Waals surface area (Å²) in [7, 11) is 0. The number of hydrogen-bond acceptors (Lipinski definition) is 3. The summed E-state index contributed by atoms with van der Waals surface area (Å²) in [4.78, 5) is 4.88. The second kappa shape index (κ2) is 5.53. The molecule has 108 valence electrons. The third-order valence-electron chi connectivity index (χ3n) is 5.54. The van der Waals surface area contributed by atoms with E-state index in [0.29, 0.717) is 18.1 Å². The summed E-state index contributed by atoms with van der Waals surface area (Å²) in [5, 5.41) is 7.57. The molecule has 3 aliphatic rings. The maximum Gasteiger partial charge on any atom is 0.0608 e. The van der Waals surface area contributed by atoms with Gasteiger partial charge in [0.1, 0.15) is 0 Å². The van der Waals surface area contributed by atoms with Gasteiger partial charge in [-0.1, -0.05) is 20.8 Å². The van der Waals surface area contributed by atoms with Crippen LogP contribution in [0.3, 0.4) is 0 Å². The highest BCUT2D eigenvalue weighted by atomic mass is 15.1. The van der Waals surface area contributed by atoms with Crippen LogP contribution in [0.5, 0.6) is 0 Å². The number of nitrogens with one attached hydrogen (secondary N) is 2. The van der Waals surface area contributed by atoms with E-state index >= 15 is 0 Å². The standard InChI is InChI=1S/C16H29N3/c1-4-10-7-13(17-10)16(14-8-11(5-2)18-14)15-9-12(6-3)19-15/h10-11,13-18H,4-9H2,1-3H3. The molecule has 0 spiro atoms. The van der Waals surface area contributed by atoms with E-state index in [4.69, 9.17) is 4.99 Å². The molecule has 5 atom stereocenters. The van der Waals surface area contributed by atoms with Crippen LogP contribution in [-0.4, -0.2) is 35.9 Å². The van der Waals surface area contributed by atoms with Gasteiger partial charge in [-0.3, -0.25) is 4.99 Å². The second-order valence-corrected chi connectivity index (χ2v) is 6.63. The Morgan fingerprint density at radius 2 is 1.53 bits per heavy atom. The quantitative estimate of drug-likeness (QED) is 0.772. The minimum absolute atomic E-state index is 0.598. The van der Waals surface area contributed by atoms with Gasteiger partial charge in [-0.05, 0) is 32.1 Å². The summed E-state index contributed by atoms with van der Waals surface area (Å²) in [5.41, 5.74) is 1.44. The first-order valence-corrected chi connectivity index (χ1v) is 8.32. The Hall–Kier alpha value is -0.410. The highest BCUT2D eigenvalue weighted by Gasteiger charge is 2.47. The lowest BCUT2D eigenvalue weighted by molar-refractivity contribution is 0.0802. The van der Waals surface area contributed by atoms with Crippen molar-refractivity contribution in [3.05, 3.63) is 0 Å². The molecular formula is C16H29N3. The van der Waals surface area contributed by atoms with Crippen molar-refractivity contribution >= 4 is 5.71 Å². The zero-order valence-electron chi connectivity index (χ0n) is 12.7. The van der Waals surface area contributed by atoms with Gasteiger partial charge in [-0.2, -0.15) is 0 Å². The molecule has 3 heterocycles. The molecule has 0 aliphatic carbocycles. The van der Waals surface area contributed by atoms with Crippen LogP contribution in [0.1, 0.15) is 59.3 Å². The van der Waals surface area contributed by atoms with Crippen molar-refractivity contribution < 1.29 is 0 Å². The van der Waals surface area contributed by atoms with Gasteiger partial charge < -0.3 is 10.6 Å². The maximum absolute atomic E-state index is 4.88. The van der Waals surface area contributed by atoms with Gasteiger partial charge in [0.25, 0.3) is 0 Å². The normalized spacial score (nSPS) is 42.7. The molecule has 0 radical (unpaired) electrons. The summed E-state index contributed by atoms with van der Waals surface area (Å²) in [6.07, 6.45) is 7.67. The zero-order chi connectivity index (χ0) is 13.4. The molecule has 2 N–H and O–H groups in total. The molecule has 0 bridgehead atoms. The Kier molecular flexibility index (Phi) is 3.95. The molecule has 2 saturated heterocycles. The molecule has 0 amide bonds. The predicted octanol–water partition coefficient (Wildman–Crippen LogP) is 2.51. The number of rotatable bonds is 6. The third-order valence-corrected chi connectivity index (χ3v) is 5.54. The van der Waals surface area contributed by atoms with Crippen LogP contribution in [-0.2, 0) is 0 Å². The Morgan fingerprint density at radius 3 is 1.89 bits per heavy atom. The van der Waals surface area contributed by atoms with Crippen molar-refractivity contribution in [3.8, 4) is 0 Å². The molecule has 0 aromatic heterocycles. The van der Waals surface area contributed by atoms with Crippen LogP contribution in [0.4, 0.5) is 0 Å². The van der Waals surface area contributed by atoms with Crippen molar-refractivity contribution in [2.75, 3.05) is 0 Å². The van der Waals surface area contributed by atoms with Crippen molar-refractivity contribution in [1.29, 1.82) is 0 Å². The Balaban J connectivity index is 1.59. The molecular weight excluding hydrogens is 234 g/mol. The first-order chi connectivity index (χ1) is 9.25. The van der Waals surface area contributed by atoms with E-state index in [-0.39, 0.29) is 0 Å². The van der Waals surface area contributed by atoms with Crippen molar-refractivity contribution in [3.63, 3.8) is 0 Å². The van der Waals surface area contributed by atoms with Gasteiger partial charge in [0.15, 0.2) is 0 Å². The monoisotopic (exact) mass is 263 g/mol. The summed E-state index contributed by atoms with van der Waals surface area (Å²) < 4.78 is 0. The Bertz CT molecular complexity index is 320. The molecule has 2 fully saturated rings. The second-order valence-electron chi connectivity index (χ2n) is 6.63. The highest BCUT2D eigenvalue weighted by molar-refractivity contribution is 5.89. The molecule has 3 heteroatoms. The molecule has 3 aliphatic heterocycles. The van der Waals surface area contributed by atoms with E-state index < -0.39 is 0 Å². The maximum atomic E-state index is 4.88. The van der Waals surface area contributed by atoms with E-state index in [2.05, 4.69) is 31.4 Å². The Labute approximate surface area is 117 Å². The van der Waals surface area contributed by atoms with Gasteiger partial charge in [-0.15, -0.1) is 0 Å². The molecule has 19 heavy (non-hydrogen) atoms. The van der Waals surface area contributed by atoms with Gasteiger partial charge in [0, 0.05) is 42.2 Å². The first-order valence-electron chi connectivity index (χ1n) is 8.32. The third kappa shape index (κ3) is 2.47. The van der Waals surface area contributed by atoms with Crippen LogP contribution in [0, 0.1) is 5.92 Å². The average molecular weight is 263 g/mol. The molecule has 3 rings (SSSR count). The topological polar surface area (TPSA) is 36.4 Å². The number of aliphatic imine (C=N–C) groups is 1. The van der Waals surface area contributed by atoms with Crippen LogP contribution < -0.4 is 10.6 Å². The summed E-state index contributed by atoms with van der Waals surface area (Å²) in [6.45, 7) is 6.80. The minimum Gasteiger partial charge on any atom is -0.311 e. The van der Waals surface area contributed by atoms with Crippen LogP contribution in [0.2, 0.25) is 0 Å². The lowest BCUT2D eigenvalue weighted by Gasteiger charge is -2.53. The van der Waals surface area contributed by atoms with E-state index in [0.717, 1.165) is 24.4 Å². The largest absolute Gasteiger partial charge is 0.311 e. The van der Waals surface area contributed by atoms with E-state index in [1.165, 1.54) is 37.8 Å². The van der Waals surface area contributed by atoms with Crippen molar-refractivity contribution in [1.82, 2.24) is 10.6 Å². The fourth-order valence-corrected chi connectivity index (χ4v) is 4.01. The van der Waals surface area contributed by atoms with Gasteiger partial charge in [0.05, 0.1) is 6.04 Å². The smallest absolute Gasteiger partial charge is 0.0608 e. The van der Waals surface area contributed by atoms with Crippen LogP contribution in [0.15, 0.2) is 4.99 Å². The fraction of sp³-hybridized carbons (Fsp3) is 0.938. The highest BCUT2D eigenvalue weighted by Crippen LogP contribution is 2.37. The molecule has 0 saturated carbocycles. The lowest BCUT2D eigenvalue weighted by Crippen LogP contribution is -2.68. The first kappa shape index (κ1) is 13.6. The van der Waals surface area contributed by atoms with Gasteiger partial charge >= 0.3 is 0 Å². The molecule has 0 aromatic rings. The minimum atomic E-state index is 0.598. The number of hydrogen-bond donors (Lipinski definition) is 2. The molecule has 0 aromatic carbocycles. The van der Waals surface area contributed by atoms with E-state index in [1.54, 1.807) is 0 Å². The van der Waals surface area contributed by atoms with Crippen molar-refractivity contribution in [2.24, 2.45) is 10.9 Å². The molecule has 3 nitrogen and oxygen atoms in total. The SMILES string of the molecule is CCC1=NC(C(C2CC(CC)N2)C2CC(CC)N2)C1. The van der Waals surface area contributed by atoms with Crippen LogP contribution >= 0.6 is 0 Å². The summed E-state index contributed by atoms with van der Waals surface area (Å²) >= 11 is 0. The lowest BCUT2D eigenvalue weighted by atomic mass is 9.70.